The number of halogens is 3. The van der Waals surface area contributed by atoms with E-state index in [1.165, 1.54) is 18.3 Å². The van der Waals surface area contributed by atoms with E-state index in [9.17, 15) is 27.9 Å². The summed E-state index contributed by atoms with van der Waals surface area (Å²) in [5.74, 6) is -5.04. The van der Waals surface area contributed by atoms with Gasteiger partial charge in [0.25, 0.3) is 11.5 Å². The number of nitrogens with zero attached hydrogens (tertiary/aromatic N) is 2. The standard InChI is InChI=1S/C20H16F3N3O3/c1-10(27)14-18(28)16-17-15(25-8-20(22,23)9-26(17)19(14)29)12(7-24-16)6-11-2-4-13(21)5-3-11/h2-5,7,25,28H,6,8-9H2,1H3. The first-order valence-corrected chi connectivity index (χ1v) is 8.82. The Morgan fingerprint density at radius 2 is 2.00 bits per heavy atom. The number of pyridine rings is 2. The van der Waals surface area contributed by atoms with Crippen molar-refractivity contribution in [1.29, 1.82) is 0 Å². The monoisotopic (exact) mass is 403 g/mol. The molecule has 2 aromatic heterocycles. The molecular formula is C20H16F3N3O3. The number of ketones is 1. The van der Waals surface area contributed by atoms with Gasteiger partial charge in [0.2, 0.25) is 0 Å². The van der Waals surface area contributed by atoms with E-state index in [1.807, 2.05) is 0 Å². The molecule has 29 heavy (non-hydrogen) atoms. The molecule has 1 aliphatic rings. The second-order valence-corrected chi connectivity index (χ2v) is 7.04. The number of benzene rings is 1. The predicted molar refractivity (Wildman–Crippen MR) is 100 cm³/mol. The third kappa shape index (κ3) is 3.22. The molecule has 0 fully saturated rings. The summed E-state index contributed by atoms with van der Waals surface area (Å²) in [5.41, 5.74) is -0.246. The van der Waals surface area contributed by atoms with E-state index >= 15 is 0 Å². The minimum atomic E-state index is -3.27. The lowest BCUT2D eigenvalue weighted by atomic mass is 10.0. The van der Waals surface area contributed by atoms with E-state index in [-0.39, 0.29) is 23.1 Å². The van der Waals surface area contributed by atoms with Crippen LogP contribution < -0.4 is 10.9 Å². The van der Waals surface area contributed by atoms with Gasteiger partial charge < -0.3 is 10.4 Å². The Labute approximate surface area is 162 Å². The first-order chi connectivity index (χ1) is 13.7. The van der Waals surface area contributed by atoms with Crippen molar-refractivity contribution in [3.63, 3.8) is 0 Å². The van der Waals surface area contributed by atoms with Crippen molar-refractivity contribution >= 4 is 22.5 Å². The van der Waals surface area contributed by atoms with Gasteiger partial charge in [0, 0.05) is 18.2 Å². The Bertz CT molecular complexity index is 1200. The van der Waals surface area contributed by atoms with Crippen molar-refractivity contribution in [3.05, 3.63) is 63.3 Å². The molecule has 0 radical (unpaired) electrons. The fourth-order valence-electron chi connectivity index (χ4n) is 3.56. The third-order valence-electron chi connectivity index (χ3n) is 4.89. The van der Waals surface area contributed by atoms with Crippen LogP contribution in [0.4, 0.5) is 18.9 Å². The predicted octanol–water partition coefficient (Wildman–Crippen LogP) is 3.10. The number of hydrogen-bond donors (Lipinski definition) is 2. The number of hydrogen-bond acceptors (Lipinski definition) is 5. The Balaban J connectivity index is 2.00. The van der Waals surface area contributed by atoms with Crippen LogP contribution in [0.3, 0.4) is 0 Å². The van der Waals surface area contributed by atoms with Gasteiger partial charge in [-0.15, -0.1) is 0 Å². The van der Waals surface area contributed by atoms with Crippen molar-refractivity contribution in [1.82, 2.24) is 9.55 Å². The quantitative estimate of drug-likeness (QED) is 0.657. The smallest absolute Gasteiger partial charge is 0.282 e. The molecular weight excluding hydrogens is 387 g/mol. The average Bonchev–Trinajstić information content (AvgIpc) is 2.79. The topological polar surface area (TPSA) is 84.2 Å². The average molecular weight is 403 g/mol. The van der Waals surface area contributed by atoms with Crippen molar-refractivity contribution < 1.29 is 23.1 Å². The van der Waals surface area contributed by atoms with Crippen molar-refractivity contribution in [2.75, 3.05) is 11.9 Å². The number of aromatic nitrogens is 2. The number of carbonyl (C=O) groups excluding carboxylic acids is 1. The van der Waals surface area contributed by atoms with Gasteiger partial charge in [-0.3, -0.25) is 19.1 Å². The maximum atomic E-state index is 14.3. The van der Waals surface area contributed by atoms with E-state index in [2.05, 4.69) is 10.3 Å². The van der Waals surface area contributed by atoms with Gasteiger partial charge in [-0.05, 0) is 24.6 Å². The third-order valence-corrected chi connectivity index (χ3v) is 4.89. The Morgan fingerprint density at radius 3 is 2.66 bits per heavy atom. The highest BCUT2D eigenvalue weighted by atomic mass is 19.3. The maximum Gasteiger partial charge on any atom is 0.282 e. The molecule has 150 valence electrons. The number of rotatable bonds is 3. The van der Waals surface area contributed by atoms with Crippen LogP contribution in [0.25, 0.3) is 11.0 Å². The molecule has 1 aromatic carbocycles. The summed E-state index contributed by atoms with van der Waals surface area (Å²) >= 11 is 0. The number of carbonyl (C=O) groups is 1. The molecule has 3 heterocycles. The SMILES string of the molecule is CC(=O)c1c(O)c2ncc(Cc3ccc(F)cc3)c3c2n(c1=O)CC(F)(F)CN3. The molecule has 0 aliphatic carbocycles. The van der Waals surface area contributed by atoms with Gasteiger partial charge >= 0.3 is 0 Å². The van der Waals surface area contributed by atoms with Gasteiger partial charge in [0.1, 0.15) is 16.9 Å². The Morgan fingerprint density at radius 1 is 1.31 bits per heavy atom. The number of aromatic hydroxyl groups is 1. The second-order valence-electron chi connectivity index (χ2n) is 7.04. The molecule has 4 rings (SSSR count). The van der Waals surface area contributed by atoms with Crippen molar-refractivity contribution in [2.24, 2.45) is 0 Å². The first kappa shape index (κ1) is 19.0. The molecule has 0 saturated heterocycles. The minimum Gasteiger partial charge on any atom is -0.505 e. The normalized spacial score (nSPS) is 15.0. The van der Waals surface area contributed by atoms with Crippen LogP contribution in [0.5, 0.6) is 5.75 Å². The molecule has 1 aliphatic heterocycles. The van der Waals surface area contributed by atoms with Gasteiger partial charge in [-0.2, -0.15) is 0 Å². The molecule has 0 saturated carbocycles. The van der Waals surface area contributed by atoms with Crippen molar-refractivity contribution in [2.45, 2.75) is 25.8 Å². The molecule has 2 N–H and O–H groups in total. The van der Waals surface area contributed by atoms with Gasteiger partial charge in [0.05, 0.1) is 24.3 Å². The van der Waals surface area contributed by atoms with Gasteiger partial charge in [-0.25, -0.2) is 13.2 Å². The number of anilines is 1. The molecule has 6 nitrogen and oxygen atoms in total. The summed E-state index contributed by atoms with van der Waals surface area (Å²) in [5, 5.41) is 13.1. The highest BCUT2D eigenvalue weighted by Gasteiger charge is 2.36. The highest BCUT2D eigenvalue weighted by molar-refractivity contribution is 6.03. The maximum absolute atomic E-state index is 14.3. The number of alkyl halides is 2. The summed E-state index contributed by atoms with van der Waals surface area (Å²) in [4.78, 5) is 28.8. The molecule has 0 bridgehead atoms. The fourth-order valence-corrected chi connectivity index (χ4v) is 3.56. The summed E-state index contributed by atoms with van der Waals surface area (Å²) in [6, 6.07) is 5.68. The first-order valence-electron chi connectivity index (χ1n) is 8.82. The Kier molecular flexibility index (Phi) is 4.33. The summed E-state index contributed by atoms with van der Waals surface area (Å²) < 4.78 is 42.6. The second kappa shape index (κ2) is 6.61. The largest absolute Gasteiger partial charge is 0.505 e. The van der Waals surface area contributed by atoms with Gasteiger partial charge in [-0.1, -0.05) is 12.1 Å². The van der Waals surface area contributed by atoms with E-state index in [0.29, 0.717) is 11.1 Å². The molecule has 0 spiro atoms. The van der Waals surface area contributed by atoms with Crippen LogP contribution in [0, 0.1) is 5.82 Å². The van der Waals surface area contributed by atoms with Crippen LogP contribution in [0.1, 0.15) is 28.4 Å². The van der Waals surface area contributed by atoms with E-state index in [4.69, 9.17) is 0 Å². The van der Waals surface area contributed by atoms with Crippen molar-refractivity contribution in [3.8, 4) is 5.75 Å². The lowest BCUT2D eigenvalue weighted by Gasteiger charge is -2.16. The van der Waals surface area contributed by atoms with Crippen LogP contribution in [0.2, 0.25) is 0 Å². The highest BCUT2D eigenvalue weighted by Crippen LogP contribution is 2.36. The van der Waals surface area contributed by atoms with Crippen LogP contribution in [-0.2, 0) is 13.0 Å². The van der Waals surface area contributed by atoms with Gasteiger partial charge in [0.15, 0.2) is 11.5 Å². The van der Waals surface area contributed by atoms with E-state index in [0.717, 1.165) is 11.5 Å². The lowest BCUT2D eigenvalue weighted by molar-refractivity contribution is -0.000926. The van der Waals surface area contributed by atoms with E-state index in [1.54, 1.807) is 12.1 Å². The summed E-state index contributed by atoms with van der Waals surface area (Å²) in [6.45, 7) is -0.614. The molecule has 0 unspecified atom stereocenters. The lowest BCUT2D eigenvalue weighted by Crippen LogP contribution is -2.35. The zero-order valence-electron chi connectivity index (χ0n) is 15.3. The fraction of sp³-hybridized carbons (Fsp3) is 0.250. The number of Topliss-reactive ketones (excluding diaryl/α,β-unsaturated/α-hetero) is 1. The Hall–Kier alpha value is -3.36. The molecule has 3 aromatic rings. The summed E-state index contributed by atoms with van der Waals surface area (Å²) in [6.07, 6.45) is 1.62. The van der Waals surface area contributed by atoms with Crippen LogP contribution in [-0.4, -0.2) is 32.9 Å². The molecule has 0 amide bonds. The molecule has 9 heteroatoms. The van der Waals surface area contributed by atoms with Crippen LogP contribution in [0.15, 0.2) is 35.3 Å². The minimum absolute atomic E-state index is 0.00860. The van der Waals surface area contributed by atoms with E-state index < -0.39 is 47.5 Å². The summed E-state index contributed by atoms with van der Waals surface area (Å²) in [7, 11) is 0. The zero-order chi connectivity index (χ0) is 20.9. The zero-order valence-corrected chi connectivity index (χ0v) is 15.3. The number of nitrogens with one attached hydrogen (secondary N) is 1. The molecule has 0 atom stereocenters. The van der Waals surface area contributed by atoms with Crippen LogP contribution >= 0.6 is 0 Å².